The van der Waals surface area contributed by atoms with E-state index in [2.05, 4.69) is 112 Å². The van der Waals surface area contributed by atoms with Crippen LogP contribution in [0.25, 0.3) is 43.1 Å². The number of halogens is 4. The van der Waals surface area contributed by atoms with E-state index in [1.54, 1.807) is 38.0 Å². The number of carboxylic acid groups (broad SMARTS) is 2. The molecule has 0 saturated heterocycles. The van der Waals surface area contributed by atoms with Crippen LogP contribution in [0.3, 0.4) is 0 Å². The van der Waals surface area contributed by atoms with Crippen molar-refractivity contribution in [3.8, 4) is 46.4 Å². The molecule has 92 heavy (non-hydrogen) atoms. The van der Waals surface area contributed by atoms with Crippen LogP contribution >= 0.6 is 63.7 Å². The average molecular weight is 1490 g/mol. The first-order valence-electron chi connectivity index (χ1n) is 27.7. The summed E-state index contributed by atoms with van der Waals surface area (Å²) in [5, 5.41) is 52.1. The highest BCUT2D eigenvalue weighted by Crippen LogP contribution is 2.33. The Kier molecular flexibility index (Phi) is 21.2. The number of ether oxygens (including phenoxy) is 6. The van der Waals surface area contributed by atoms with E-state index < -0.39 is 17.9 Å². The van der Waals surface area contributed by atoms with Gasteiger partial charge in [-0.2, -0.15) is 0 Å². The zero-order valence-corrected chi connectivity index (χ0v) is 55.2. The van der Waals surface area contributed by atoms with Gasteiger partial charge in [0.15, 0.2) is 0 Å². The number of nitrogens with two attached hydrogens (primary N) is 1. The van der Waals surface area contributed by atoms with E-state index in [1.165, 1.54) is 15.5 Å². The van der Waals surface area contributed by atoms with Crippen molar-refractivity contribution in [1.82, 2.24) is 45.4 Å². The summed E-state index contributed by atoms with van der Waals surface area (Å²) in [7, 11) is 3.21. The second-order valence-electron chi connectivity index (χ2n) is 19.8. The molecule has 0 aliphatic heterocycles. The van der Waals surface area contributed by atoms with Gasteiger partial charge in [0.05, 0.1) is 33.9 Å². The van der Waals surface area contributed by atoms with Crippen molar-refractivity contribution < 1.29 is 53.0 Å². The fourth-order valence-corrected chi connectivity index (χ4v) is 10.6. The third-order valence-corrected chi connectivity index (χ3v) is 15.5. The maximum Gasteiger partial charge on any atom is 0.364 e. The molecule has 13 aromatic rings. The molecule has 0 aliphatic carbocycles. The molecule has 25 heteroatoms. The lowest BCUT2D eigenvalue weighted by Gasteiger charge is -2.11. The van der Waals surface area contributed by atoms with E-state index in [0.717, 1.165) is 78.5 Å². The molecule has 0 atom stereocenters. The predicted molar refractivity (Wildman–Crippen MR) is 362 cm³/mol. The third kappa shape index (κ3) is 16.6. The molecule has 3 aromatic heterocycles. The molecule has 0 saturated carbocycles. The zero-order chi connectivity index (χ0) is 64.8. The summed E-state index contributed by atoms with van der Waals surface area (Å²) < 4.78 is 40.0. The summed E-state index contributed by atoms with van der Waals surface area (Å²) in [6.45, 7) is 2.64. The molecule has 21 nitrogen and oxygen atoms in total. The number of hydrogen-bond donors (Lipinski definition) is 4. The van der Waals surface area contributed by atoms with Crippen LogP contribution < -0.4 is 29.4 Å². The van der Waals surface area contributed by atoms with Gasteiger partial charge in [-0.15, -0.1) is 10.2 Å². The van der Waals surface area contributed by atoms with Crippen LogP contribution in [0.4, 0.5) is 5.69 Å². The second-order valence-corrected chi connectivity index (χ2v) is 23.5. The van der Waals surface area contributed by atoms with Crippen molar-refractivity contribution in [2.45, 2.75) is 20.0 Å². The minimum absolute atomic E-state index is 0.0336. The number of esters is 1. The summed E-state index contributed by atoms with van der Waals surface area (Å²) >= 11 is 13.8. The van der Waals surface area contributed by atoms with Crippen LogP contribution in [0, 0.1) is 0 Å². The molecular formula is C67H52Br4N10O11. The number of aromatic nitrogens is 9. The van der Waals surface area contributed by atoms with Gasteiger partial charge in [-0.3, -0.25) is 0 Å². The lowest BCUT2D eigenvalue weighted by atomic mass is 10.1. The van der Waals surface area contributed by atoms with E-state index >= 15 is 0 Å². The molecule has 0 spiro atoms. The SMILES string of the molecule is CCOC(=O)c1nnn(Cc2ccc(OC)cc2)c1Oc1ccc2cc(Br)ccc2c1.COc1ccc(Cn2nnc(C(=O)O)c2Oc2ccc3cc(Br)ccc3c2)cc1.Nc1ccc2cc(Br)ccc2c1.O=C(O)c1[nH]nnc1Oc1ccc2cc(Br)ccc2c1. The lowest BCUT2D eigenvalue weighted by molar-refractivity contribution is 0.0515. The first-order chi connectivity index (χ1) is 44.5. The molecular weight excluding hydrogens is 1440 g/mol. The van der Waals surface area contributed by atoms with E-state index in [0.29, 0.717) is 30.3 Å². The molecule has 0 aliphatic rings. The number of nitrogens with one attached hydrogen (secondary N) is 1. The van der Waals surface area contributed by atoms with Crippen LogP contribution in [-0.4, -0.2) is 94.3 Å². The van der Waals surface area contributed by atoms with Crippen molar-refractivity contribution in [3.63, 3.8) is 0 Å². The largest absolute Gasteiger partial charge is 0.497 e. The van der Waals surface area contributed by atoms with Crippen molar-refractivity contribution in [2.75, 3.05) is 26.6 Å². The Hall–Kier alpha value is -10.2. The number of rotatable bonds is 16. The minimum Gasteiger partial charge on any atom is -0.497 e. The predicted octanol–water partition coefficient (Wildman–Crippen LogP) is 16.4. The van der Waals surface area contributed by atoms with Gasteiger partial charge in [-0.05, 0) is 182 Å². The number of H-pyrrole nitrogens is 1. The smallest absolute Gasteiger partial charge is 0.364 e. The Bertz CT molecular complexity index is 4760. The maximum absolute atomic E-state index is 12.4. The van der Waals surface area contributed by atoms with Crippen LogP contribution in [0.5, 0.6) is 46.4 Å². The van der Waals surface area contributed by atoms with Crippen LogP contribution in [0.15, 0.2) is 212 Å². The fourth-order valence-electron chi connectivity index (χ4n) is 9.06. The Morgan fingerprint density at radius 1 is 0.457 bits per heavy atom. The Morgan fingerprint density at radius 2 is 0.826 bits per heavy atom. The maximum atomic E-state index is 12.4. The highest BCUT2D eigenvalue weighted by molar-refractivity contribution is 9.11. The number of methoxy groups -OCH3 is 2. The summed E-state index contributed by atoms with van der Waals surface area (Å²) in [5.41, 5.74) is 7.93. The Balaban J connectivity index is 0.000000141. The number of nitrogens with zero attached hydrogens (tertiary/aromatic N) is 8. The number of anilines is 1. The van der Waals surface area contributed by atoms with Crippen molar-refractivity contribution in [3.05, 3.63) is 240 Å². The summed E-state index contributed by atoms with van der Waals surface area (Å²) in [4.78, 5) is 34.9. The van der Waals surface area contributed by atoms with Crippen molar-refractivity contribution in [1.29, 1.82) is 0 Å². The molecule has 0 radical (unpaired) electrons. The summed E-state index contributed by atoms with van der Waals surface area (Å²) in [6, 6.07) is 61.4. The molecule has 5 N–H and O–H groups in total. The van der Waals surface area contributed by atoms with Gasteiger partial charge >= 0.3 is 17.9 Å². The van der Waals surface area contributed by atoms with Gasteiger partial charge in [0.1, 0.15) is 28.7 Å². The van der Waals surface area contributed by atoms with Crippen LogP contribution in [0.1, 0.15) is 49.5 Å². The fraction of sp³-hybridized carbons (Fsp3) is 0.0896. The Morgan fingerprint density at radius 3 is 1.24 bits per heavy atom. The highest BCUT2D eigenvalue weighted by Gasteiger charge is 2.25. The number of carbonyl (C=O) groups excluding carboxylic acids is 1. The molecule has 0 fully saturated rings. The number of benzene rings is 10. The second kappa shape index (κ2) is 30.1. The van der Waals surface area contributed by atoms with Gasteiger partial charge in [0.25, 0.3) is 17.6 Å². The monoisotopic (exact) mass is 1490 g/mol. The number of carboxylic acids is 2. The molecule has 464 valence electrons. The summed E-state index contributed by atoms with van der Waals surface area (Å²) in [6.07, 6.45) is 0. The normalized spacial score (nSPS) is 10.7. The quantitative estimate of drug-likeness (QED) is 0.0517. The number of fused-ring (bicyclic) bond motifs is 4. The number of carbonyl (C=O) groups is 3. The average Bonchev–Trinajstić information content (AvgIpc) is 1.84. The minimum atomic E-state index is -1.20. The first-order valence-corrected chi connectivity index (χ1v) is 30.9. The van der Waals surface area contributed by atoms with Gasteiger partial charge in [-0.25, -0.2) is 28.8 Å². The van der Waals surface area contributed by atoms with E-state index in [4.69, 9.17) is 39.3 Å². The Labute approximate surface area is 558 Å². The van der Waals surface area contributed by atoms with E-state index in [9.17, 15) is 19.5 Å². The van der Waals surface area contributed by atoms with E-state index in [-0.39, 0.29) is 41.3 Å². The molecule has 0 bridgehead atoms. The molecule has 13 rings (SSSR count). The third-order valence-electron chi connectivity index (χ3n) is 13.6. The van der Waals surface area contributed by atoms with Gasteiger partial charge in [0, 0.05) is 23.6 Å². The first kappa shape index (κ1) is 64.8. The molecule has 10 aromatic carbocycles. The number of hydrogen-bond acceptors (Lipinski definition) is 16. The van der Waals surface area contributed by atoms with E-state index in [1.807, 2.05) is 170 Å². The lowest BCUT2D eigenvalue weighted by Crippen LogP contribution is -2.09. The van der Waals surface area contributed by atoms with Crippen LogP contribution in [0.2, 0.25) is 0 Å². The van der Waals surface area contributed by atoms with Crippen molar-refractivity contribution >= 4 is 130 Å². The highest BCUT2D eigenvalue weighted by atomic mass is 79.9. The molecule has 0 amide bonds. The summed E-state index contributed by atoms with van der Waals surface area (Å²) in [5.74, 6) is 0.343. The number of nitrogen functional groups attached to an aromatic ring is 1. The zero-order valence-electron chi connectivity index (χ0n) is 48.8. The van der Waals surface area contributed by atoms with Gasteiger partial charge in [-0.1, -0.05) is 157 Å². The van der Waals surface area contributed by atoms with Crippen LogP contribution in [-0.2, 0) is 17.8 Å². The number of aromatic carboxylic acids is 2. The molecule has 0 unspecified atom stereocenters. The number of aromatic amines is 1. The van der Waals surface area contributed by atoms with Gasteiger partial charge < -0.3 is 44.4 Å². The standard InChI is InChI=1S/C23H20BrN3O4.C21H16BrN3O4.C13H8BrN3O3.C10H8BrN/c1-3-30-23(28)21-22(27(26-25-21)14-15-4-9-19(29-2)10-5-15)31-20-11-7-16-12-18(24)8-6-17(16)13-20;1-28-17-7-2-13(3-8-17)12-25-20(19(21(26)27)23-24-25)29-18-9-5-14-10-16(22)6-4-15(14)11-18;14-9-3-1-8-6-10(4-2-7(8)5-9)20-12-11(13(18)19)15-17-16-12;11-9-3-1-8-6-10(12)4-2-7(8)5-9/h4-13H,3,14H2,1-2H3;2-11H,12H2,1H3,(H,26,27);1-6H,(H,18,19)(H,15,16,17);1-6H,12H2. The topological polar surface area (TPSA) is 276 Å². The molecule has 3 heterocycles. The van der Waals surface area contributed by atoms with Gasteiger partial charge in [0.2, 0.25) is 17.1 Å². The van der Waals surface area contributed by atoms with Crippen molar-refractivity contribution in [2.24, 2.45) is 0 Å².